The highest BCUT2D eigenvalue weighted by Gasteiger charge is 2.06. The quantitative estimate of drug-likeness (QED) is 0.715. The van der Waals surface area contributed by atoms with E-state index < -0.39 is 0 Å². The van der Waals surface area contributed by atoms with E-state index in [2.05, 4.69) is 5.32 Å². The Kier molecular flexibility index (Phi) is 6.22. The van der Waals surface area contributed by atoms with Gasteiger partial charge in [0.15, 0.2) is 0 Å². The van der Waals surface area contributed by atoms with Crippen LogP contribution < -0.4 is 11.1 Å². The summed E-state index contributed by atoms with van der Waals surface area (Å²) in [6.07, 6.45) is 1.83. The van der Waals surface area contributed by atoms with Gasteiger partial charge in [0.1, 0.15) is 0 Å². The summed E-state index contributed by atoms with van der Waals surface area (Å²) in [4.78, 5) is 13.5. The minimum atomic E-state index is 0.0837. The Labute approximate surface area is 109 Å². The standard InChI is InChI=1S/C14H23N3O/c1-3-9-16-14(18)11-17(2)10-8-12-6-4-5-7-13(12)15/h4-7H,3,8-11,15H2,1-2H3,(H,16,18). The van der Waals surface area contributed by atoms with Gasteiger partial charge >= 0.3 is 0 Å². The average Bonchev–Trinajstić information content (AvgIpc) is 2.35. The van der Waals surface area contributed by atoms with Crippen LogP contribution >= 0.6 is 0 Å². The van der Waals surface area contributed by atoms with Gasteiger partial charge in [-0.3, -0.25) is 9.69 Å². The number of rotatable bonds is 7. The summed E-state index contributed by atoms with van der Waals surface area (Å²) >= 11 is 0. The Bertz CT molecular complexity index is 379. The van der Waals surface area contributed by atoms with E-state index in [9.17, 15) is 4.79 Å². The van der Waals surface area contributed by atoms with Crippen LogP contribution in [0.4, 0.5) is 5.69 Å². The van der Waals surface area contributed by atoms with Crippen LogP contribution in [0.25, 0.3) is 0 Å². The van der Waals surface area contributed by atoms with Gasteiger partial charge in [-0.05, 0) is 31.5 Å². The molecule has 0 unspecified atom stereocenters. The molecule has 0 fully saturated rings. The lowest BCUT2D eigenvalue weighted by Gasteiger charge is -2.16. The molecule has 1 aromatic carbocycles. The molecule has 3 N–H and O–H groups in total. The van der Waals surface area contributed by atoms with E-state index >= 15 is 0 Å². The first-order valence-corrected chi connectivity index (χ1v) is 6.42. The number of nitrogens with one attached hydrogen (secondary N) is 1. The van der Waals surface area contributed by atoms with Crippen molar-refractivity contribution in [3.05, 3.63) is 29.8 Å². The summed E-state index contributed by atoms with van der Waals surface area (Å²) < 4.78 is 0. The lowest BCUT2D eigenvalue weighted by molar-refractivity contribution is -0.121. The molecule has 0 radical (unpaired) electrons. The number of carbonyl (C=O) groups excluding carboxylic acids is 1. The van der Waals surface area contributed by atoms with Gasteiger partial charge in [0.25, 0.3) is 0 Å². The molecule has 0 bridgehead atoms. The lowest BCUT2D eigenvalue weighted by Crippen LogP contribution is -2.36. The van der Waals surface area contributed by atoms with Gasteiger partial charge in [0.2, 0.25) is 5.91 Å². The van der Waals surface area contributed by atoms with E-state index in [1.54, 1.807) is 0 Å². The second kappa shape index (κ2) is 7.71. The molecule has 100 valence electrons. The smallest absolute Gasteiger partial charge is 0.234 e. The van der Waals surface area contributed by atoms with Crippen molar-refractivity contribution < 1.29 is 4.79 Å². The fourth-order valence-corrected chi connectivity index (χ4v) is 1.72. The van der Waals surface area contributed by atoms with Crippen LogP contribution in [0.2, 0.25) is 0 Å². The van der Waals surface area contributed by atoms with E-state index in [0.29, 0.717) is 6.54 Å². The van der Waals surface area contributed by atoms with Crippen LogP contribution in [-0.4, -0.2) is 37.5 Å². The normalized spacial score (nSPS) is 10.6. The molecule has 1 aromatic rings. The van der Waals surface area contributed by atoms with Crippen LogP contribution in [0.15, 0.2) is 24.3 Å². The van der Waals surface area contributed by atoms with Crippen molar-refractivity contribution in [2.24, 2.45) is 0 Å². The second-order valence-corrected chi connectivity index (χ2v) is 4.54. The zero-order chi connectivity index (χ0) is 13.4. The van der Waals surface area contributed by atoms with E-state index in [1.165, 1.54) is 0 Å². The molecule has 0 aliphatic rings. The number of nitrogens with two attached hydrogens (primary N) is 1. The third-order valence-corrected chi connectivity index (χ3v) is 2.80. The number of amides is 1. The SMILES string of the molecule is CCCNC(=O)CN(C)CCc1ccccc1N. The number of carbonyl (C=O) groups is 1. The Morgan fingerprint density at radius 2 is 2.11 bits per heavy atom. The maximum absolute atomic E-state index is 11.5. The topological polar surface area (TPSA) is 58.4 Å². The summed E-state index contributed by atoms with van der Waals surface area (Å²) in [5, 5.41) is 2.87. The van der Waals surface area contributed by atoms with Gasteiger partial charge in [-0.2, -0.15) is 0 Å². The van der Waals surface area contributed by atoms with Crippen LogP contribution in [0.3, 0.4) is 0 Å². The molecule has 4 heteroatoms. The predicted molar refractivity (Wildman–Crippen MR) is 75.4 cm³/mol. The molecule has 1 rings (SSSR count). The molecule has 0 heterocycles. The highest BCUT2D eigenvalue weighted by Crippen LogP contribution is 2.11. The maximum atomic E-state index is 11.5. The van der Waals surface area contributed by atoms with Crippen molar-refractivity contribution in [3.63, 3.8) is 0 Å². The number of hydrogen-bond donors (Lipinski definition) is 2. The Morgan fingerprint density at radius 3 is 2.78 bits per heavy atom. The molecule has 1 amide bonds. The number of likely N-dealkylation sites (N-methyl/N-ethyl adjacent to an activating group) is 1. The van der Waals surface area contributed by atoms with Gasteiger partial charge in [-0.25, -0.2) is 0 Å². The largest absolute Gasteiger partial charge is 0.399 e. The Balaban J connectivity index is 2.31. The molecular formula is C14H23N3O. The Hall–Kier alpha value is -1.55. The fraction of sp³-hybridized carbons (Fsp3) is 0.500. The maximum Gasteiger partial charge on any atom is 0.234 e. The van der Waals surface area contributed by atoms with Crippen molar-refractivity contribution in [2.75, 3.05) is 32.4 Å². The van der Waals surface area contributed by atoms with Crippen molar-refractivity contribution in [1.29, 1.82) is 0 Å². The van der Waals surface area contributed by atoms with E-state index in [1.807, 2.05) is 43.1 Å². The number of anilines is 1. The fourth-order valence-electron chi connectivity index (χ4n) is 1.72. The summed E-state index contributed by atoms with van der Waals surface area (Å²) in [5.74, 6) is 0.0837. The minimum Gasteiger partial charge on any atom is -0.399 e. The van der Waals surface area contributed by atoms with E-state index in [0.717, 1.165) is 37.2 Å². The number of hydrogen-bond acceptors (Lipinski definition) is 3. The van der Waals surface area contributed by atoms with Crippen molar-refractivity contribution >= 4 is 11.6 Å². The van der Waals surface area contributed by atoms with Crippen molar-refractivity contribution in [2.45, 2.75) is 19.8 Å². The van der Waals surface area contributed by atoms with E-state index in [4.69, 9.17) is 5.73 Å². The minimum absolute atomic E-state index is 0.0837. The van der Waals surface area contributed by atoms with Crippen molar-refractivity contribution in [1.82, 2.24) is 10.2 Å². The van der Waals surface area contributed by atoms with Crippen LogP contribution in [0, 0.1) is 0 Å². The summed E-state index contributed by atoms with van der Waals surface area (Å²) in [7, 11) is 1.95. The van der Waals surface area contributed by atoms with Gasteiger partial charge in [-0.15, -0.1) is 0 Å². The van der Waals surface area contributed by atoms with Gasteiger partial charge in [-0.1, -0.05) is 25.1 Å². The highest BCUT2D eigenvalue weighted by atomic mass is 16.2. The van der Waals surface area contributed by atoms with Crippen LogP contribution in [0.1, 0.15) is 18.9 Å². The number of para-hydroxylation sites is 1. The van der Waals surface area contributed by atoms with Gasteiger partial charge < -0.3 is 11.1 Å². The zero-order valence-electron chi connectivity index (χ0n) is 11.3. The van der Waals surface area contributed by atoms with Gasteiger partial charge in [0.05, 0.1) is 6.54 Å². The molecule has 0 spiro atoms. The summed E-state index contributed by atoms with van der Waals surface area (Å²) in [6.45, 7) is 4.06. The summed E-state index contributed by atoms with van der Waals surface area (Å²) in [6, 6.07) is 7.85. The first-order chi connectivity index (χ1) is 8.63. The molecule has 0 aromatic heterocycles. The molecule has 0 aliphatic heterocycles. The lowest BCUT2D eigenvalue weighted by atomic mass is 10.1. The average molecular weight is 249 g/mol. The van der Waals surface area contributed by atoms with Crippen molar-refractivity contribution in [3.8, 4) is 0 Å². The molecule has 0 saturated carbocycles. The number of nitrogen functional groups attached to an aromatic ring is 1. The molecule has 0 aliphatic carbocycles. The molecule has 0 saturated heterocycles. The van der Waals surface area contributed by atoms with Crippen LogP contribution in [-0.2, 0) is 11.2 Å². The first-order valence-electron chi connectivity index (χ1n) is 6.42. The molecule has 4 nitrogen and oxygen atoms in total. The number of benzene rings is 1. The monoisotopic (exact) mass is 249 g/mol. The van der Waals surface area contributed by atoms with E-state index in [-0.39, 0.29) is 5.91 Å². The van der Waals surface area contributed by atoms with Crippen LogP contribution in [0.5, 0.6) is 0 Å². The molecular weight excluding hydrogens is 226 g/mol. The predicted octanol–water partition coefficient (Wildman–Crippen LogP) is 1.27. The summed E-state index contributed by atoms with van der Waals surface area (Å²) in [5.41, 5.74) is 7.83. The molecule has 0 atom stereocenters. The second-order valence-electron chi connectivity index (χ2n) is 4.54. The number of nitrogens with zero attached hydrogens (tertiary/aromatic N) is 1. The highest BCUT2D eigenvalue weighted by molar-refractivity contribution is 5.77. The first kappa shape index (κ1) is 14.5. The zero-order valence-corrected chi connectivity index (χ0v) is 11.3. The molecule has 18 heavy (non-hydrogen) atoms. The Morgan fingerprint density at radius 1 is 1.39 bits per heavy atom. The third-order valence-electron chi connectivity index (χ3n) is 2.80. The van der Waals surface area contributed by atoms with Gasteiger partial charge in [0, 0.05) is 18.8 Å². The third kappa shape index (κ3) is 5.19.